The molecule has 28 heavy (non-hydrogen) atoms. The highest BCUT2D eigenvalue weighted by Crippen LogP contribution is 2.23. The van der Waals surface area contributed by atoms with Crippen molar-refractivity contribution >= 4 is 17.4 Å². The first kappa shape index (κ1) is 20.1. The number of aromatic nitrogens is 1. The fraction of sp³-hybridized carbons (Fsp3) is 0.429. The Hall–Kier alpha value is -2.67. The predicted molar refractivity (Wildman–Crippen MR) is 110 cm³/mol. The highest BCUT2D eigenvalue weighted by atomic mass is 19.1. The summed E-state index contributed by atoms with van der Waals surface area (Å²) >= 11 is 0. The molecule has 7 heteroatoms. The fourth-order valence-electron chi connectivity index (χ4n) is 3.21. The molecule has 0 atom stereocenters. The molecule has 6 nitrogen and oxygen atoms in total. The summed E-state index contributed by atoms with van der Waals surface area (Å²) in [5.41, 5.74) is 2.22. The van der Waals surface area contributed by atoms with E-state index in [1.54, 1.807) is 29.4 Å². The van der Waals surface area contributed by atoms with E-state index in [-0.39, 0.29) is 17.9 Å². The highest BCUT2D eigenvalue weighted by Gasteiger charge is 2.21. The third-order valence-electron chi connectivity index (χ3n) is 5.17. The molecule has 2 heterocycles. The number of carbonyl (C=O) groups is 1. The summed E-state index contributed by atoms with van der Waals surface area (Å²) in [5, 5.41) is 2.81. The van der Waals surface area contributed by atoms with Crippen molar-refractivity contribution in [2.45, 2.75) is 26.4 Å². The van der Waals surface area contributed by atoms with Gasteiger partial charge in [0.15, 0.2) is 0 Å². The van der Waals surface area contributed by atoms with Crippen molar-refractivity contribution < 1.29 is 9.18 Å². The Morgan fingerprint density at radius 1 is 1.18 bits per heavy atom. The van der Waals surface area contributed by atoms with Gasteiger partial charge in [0.1, 0.15) is 5.82 Å². The number of piperazine rings is 1. The molecule has 1 saturated heterocycles. The number of anilines is 2. The van der Waals surface area contributed by atoms with Crippen molar-refractivity contribution in [3.8, 4) is 0 Å². The number of halogens is 1. The van der Waals surface area contributed by atoms with Crippen LogP contribution in [0.5, 0.6) is 0 Å². The lowest BCUT2D eigenvalue weighted by Gasteiger charge is -2.34. The first-order valence-corrected chi connectivity index (χ1v) is 9.63. The van der Waals surface area contributed by atoms with Gasteiger partial charge >= 0.3 is 6.03 Å². The van der Waals surface area contributed by atoms with Crippen molar-refractivity contribution in [2.75, 3.05) is 43.4 Å². The zero-order valence-electron chi connectivity index (χ0n) is 16.7. The van der Waals surface area contributed by atoms with Crippen molar-refractivity contribution in [3.05, 3.63) is 54.1 Å². The van der Waals surface area contributed by atoms with Crippen LogP contribution in [0.2, 0.25) is 0 Å². The lowest BCUT2D eigenvalue weighted by atomic mass is 10.2. The molecule has 2 amide bonds. The molecule has 1 fully saturated rings. The van der Waals surface area contributed by atoms with Crippen LogP contribution in [0.4, 0.5) is 20.6 Å². The zero-order valence-corrected chi connectivity index (χ0v) is 16.7. The zero-order chi connectivity index (χ0) is 20.1. The molecule has 150 valence electrons. The molecular weight excluding hydrogens is 357 g/mol. The van der Waals surface area contributed by atoms with E-state index >= 15 is 0 Å². The molecular formula is C21H28FN5O. The minimum absolute atomic E-state index is 0.187. The summed E-state index contributed by atoms with van der Waals surface area (Å²) in [4.78, 5) is 22.5. The van der Waals surface area contributed by atoms with Gasteiger partial charge in [0, 0.05) is 63.9 Å². The van der Waals surface area contributed by atoms with Crippen LogP contribution >= 0.6 is 0 Å². The standard InChI is InChI=1S/C21H28FN5O/c1-16(2)25(3)20-5-4-18(14-19(20)22)24-21(28)27-12-10-26(11-13-27)15-17-6-8-23-9-7-17/h4-9,14,16H,10-13,15H2,1-3H3,(H,24,28). The number of benzene rings is 1. The number of hydrogen-bond acceptors (Lipinski definition) is 4. The summed E-state index contributed by atoms with van der Waals surface area (Å²) in [5.74, 6) is -0.337. The van der Waals surface area contributed by atoms with Gasteiger partial charge in [-0.3, -0.25) is 9.88 Å². The van der Waals surface area contributed by atoms with Crippen molar-refractivity contribution in [1.82, 2.24) is 14.8 Å². The minimum atomic E-state index is -0.337. The lowest BCUT2D eigenvalue weighted by molar-refractivity contribution is 0.143. The molecule has 1 aliphatic rings. The third-order valence-corrected chi connectivity index (χ3v) is 5.17. The van der Waals surface area contributed by atoms with E-state index in [0.717, 1.165) is 19.6 Å². The van der Waals surface area contributed by atoms with Crippen LogP contribution in [0.1, 0.15) is 19.4 Å². The molecule has 1 N–H and O–H groups in total. The molecule has 3 rings (SSSR count). The molecule has 0 radical (unpaired) electrons. The number of carbonyl (C=O) groups excluding carboxylic acids is 1. The van der Waals surface area contributed by atoms with E-state index in [2.05, 4.69) is 15.2 Å². The largest absolute Gasteiger partial charge is 0.370 e. The fourth-order valence-corrected chi connectivity index (χ4v) is 3.21. The Bertz CT molecular complexity index is 791. The number of hydrogen-bond donors (Lipinski definition) is 1. The monoisotopic (exact) mass is 385 g/mol. The normalized spacial score (nSPS) is 15.0. The maximum absolute atomic E-state index is 14.4. The van der Waals surface area contributed by atoms with Crippen LogP contribution < -0.4 is 10.2 Å². The second-order valence-corrected chi connectivity index (χ2v) is 7.42. The number of urea groups is 1. The van der Waals surface area contributed by atoms with Gasteiger partial charge in [-0.1, -0.05) is 0 Å². The number of nitrogens with zero attached hydrogens (tertiary/aromatic N) is 4. The first-order valence-electron chi connectivity index (χ1n) is 9.63. The number of rotatable bonds is 5. The molecule has 0 spiro atoms. The average molecular weight is 385 g/mol. The molecule has 0 unspecified atom stereocenters. The third kappa shape index (κ3) is 4.98. The van der Waals surface area contributed by atoms with Crippen LogP contribution in [0.15, 0.2) is 42.7 Å². The number of pyridine rings is 1. The Balaban J connectivity index is 1.52. The van der Waals surface area contributed by atoms with Gasteiger partial charge in [-0.25, -0.2) is 9.18 Å². The van der Waals surface area contributed by atoms with E-state index in [4.69, 9.17) is 0 Å². The molecule has 2 aromatic rings. The average Bonchev–Trinajstić information content (AvgIpc) is 2.69. The molecule has 0 saturated carbocycles. The maximum atomic E-state index is 14.4. The Kier molecular flexibility index (Phi) is 6.46. The van der Waals surface area contributed by atoms with Crippen LogP contribution in [0, 0.1) is 5.82 Å². The van der Waals surface area contributed by atoms with Crippen molar-refractivity contribution in [3.63, 3.8) is 0 Å². The highest BCUT2D eigenvalue weighted by molar-refractivity contribution is 5.89. The summed E-state index contributed by atoms with van der Waals surface area (Å²) in [7, 11) is 1.85. The molecule has 1 aromatic carbocycles. The molecule has 0 aliphatic carbocycles. The minimum Gasteiger partial charge on any atom is -0.370 e. The Morgan fingerprint density at radius 3 is 2.46 bits per heavy atom. The quantitative estimate of drug-likeness (QED) is 0.857. The Labute approximate surface area is 166 Å². The second-order valence-electron chi connectivity index (χ2n) is 7.42. The summed E-state index contributed by atoms with van der Waals surface area (Å²) < 4.78 is 14.4. The number of amides is 2. The van der Waals surface area contributed by atoms with E-state index in [9.17, 15) is 9.18 Å². The maximum Gasteiger partial charge on any atom is 0.321 e. The summed E-state index contributed by atoms with van der Waals surface area (Å²) in [6, 6.07) is 8.85. The van der Waals surface area contributed by atoms with Crippen LogP contribution in [-0.4, -0.2) is 60.1 Å². The molecule has 1 aromatic heterocycles. The van der Waals surface area contributed by atoms with Crippen LogP contribution in [-0.2, 0) is 6.54 Å². The van der Waals surface area contributed by atoms with Gasteiger partial charge in [-0.2, -0.15) is 0 Å². The van der Waals surface area contributed by atoms with E-state index < -0.39 is 0 Å². The lowest BCUT2D eigenvalue weighted by Crippen LogP contribution is -2.49. The van der Waals surface area contributed by atoms with Gasteiger partial charge in [0.05, 0.1) is 5.69 Å². The van der Waals surface area contributed by atoms with E-state index in [1.807, 2.05) is 37.9 Å². The second kappa shape index (κ2) is 9.01. The first-order chi connectivity index (χ1) is 13.4. The predicted octanol–water partition coefficient (Wildman–Crippen LogP) is 3.42. The van der Waals surface area contributed by atoms with Crippen LogP contribution in [0.3, 0.4) is 0 Å². The van der Waals surface area contributed by atoms with E-state index in [1.165, 1.54) is 11.6 Å². The topological polar surface area (TPSA) is 51.7 Å². The van der Waals surface area contributed by atoms with Gasteiger partial charge in [-0.05, 0) is 49.7 Å². The van der Waals surface area contributed by atoms with Gasteiger partial charge < -0.3 is 15.1 Å². The summed E-state index contributed by atoms with van der Waals surface area (Å²) in [6.45, 7) is 7.77. The molecule has 1 aliphatic heterocycles. The number of nitrogens with one attached hydrogen (secondary N) is 1. The van der Waals surface area contributed by atoms with Gasteiger partial charge in [0.2, 0.25) is 0 Å². The Morgan fingerprint density at radius 2 is 1.86 bits per heavy atom. The smallest absolute Gasteiger partial charge is 0.321 e. The van der Waals surface area contributed by atoms with Crippen LogP contribution in [0.25, 0.3) is 0 Å². The van der Waals surface area contributed by atoms with Crippen molar-refractivity contribution in [1.29, 1.82) is 0 Å². The molecule has 0 bridgehead atoms. The summed E-state index contributed by atoms with van der Waals surface area (Å²) in [6.07, 6.45) is 3.59. The SMILES string of the molecule is CC(C)N(C)c1ccc(NC(=O)N2CCN(Cc3ccncc3)CC2)cc1F. The van der Waals surface area contributed by atoms with Gasteiger partial charge in [-0.15, -0.1) is 0 Å². The van der Waals surface area contributed by atoms with Crippen molar-refractivity contribution in [2.24, 2.45) is 0 Å². The van der Waals surface area contributed by atoms with E-state index in [0.29, 0.717) is 24.5 Å². The van der Waals surface area contributed by atoms with Gasteiger partial charge in [0.25, 0.3) is 0 Å².